The Labute approximate surface area is 93.1 Å². The lowest BCUT2D eigenvalue weighted by molar-refractivity contribution is 0.0682. The lowest BCUT2D eigenvalue weighted by atomic mass is 10.2. The Morgan fingerprint density at radius 3 is 2.69 bits per heavy atom. The number of ether oxygens (including phenoxy) is 1. The van der Waals surface area contributed by atoms with Crippen LogP contribution in [0.1, 0.15) is 17.4 Å². The molecule has 2 rings (SSSR count). The first-order chi connectivity index (χ1) is 7.70. The number of para-hydroxylation sites is 1. The Kier molecular flexibility index (Phi) is 2.56. The van der Waals surface area contributed by atoms with Crippen LogP contribution in [-0.2, 0) is 6.54 Å². The number of carboxylic acids is 1. The van der Waals surface area contributed by atoms with Gasteiger partial charge in [-0.2, -0.15) is 0 Å². The summed E-state index contributed by atoms with van der Waals surface area (Å²) in [5.41, 5.74) is 1.10. The molecule has 4 nitrogen and oxygen atoms in total. The minimum absolute atomic E-state index is 0.214. The fourth-order valence-electron chi connectivity index (χ4n) is 2.02. The van der Waals surface area contributed by atoms with E-state index in [2.05, 4.69) is 0 Å². The lowest BCUT2D eigenvalue weighted by Crippen LogP contribution is -2.08. The molecule has 0 fully saturated rings. The van der Waals surface area contributed by atoms with Gasteiger partial charge in [-0.05, 0) is 19.1 Å². The fourth-order valence-corrected chi connectivity index (χ4v) is 2.02. The van der Waals surface area contributed by atoms with E-state index in [0.29, 0.717) is 12.3 Å². The topological polar surface area (TPSA) is 51.5 Å². The summed E-state index contributed by atoms with van der Waals surface area (Å²) in [5, 5.41) is 10.0. The number of fused-ring (bicyclic) bond motifs is 1. The molecule has 4 heteroatoms. The number of hydrogen-bond donors (Lipinski definition) is 1. The second-order valence-corrected chi connectivity index (χ2v) is 3.45. The van der Waals surface area contributed by atoms with Crippen LogP contribution in [0.25, 0.3) is 10.9 Å². The number of carbonyl (C=O) groups is 1. The Morgan fingerprint density at radius 1 is 1.44 bits per heavy atom. The molecule has 0 spiro atoms. The van der Waals surface area contributed by atoms with E-state index in [1.165, 1.54) is 7.11 Å². The first-order valence-corrected chi connectivity index (χ1v) is 5.09. The first-order valence-electron chi connectivity index (χ1n) is 5.09. The fraction of sp³-hybridized carbons (Fsp3) is 0.250. The quantitative estimate of drug-likeness (QED) is 0.862. The Balaban J connectivity index is 2.89. The number of methoxy groups -OCH3 is 1. The first kappa shape index (κ1) is 10.5. The zero-order chi connectivity index (χ0) is 11.7. The van der Waals surface area contributed by atoms with Crippen LogP contribution >= 0.6 is 0 Å². The molecule has 1 heterocycles. The van der Waals surface area contributed by atoms with Crippen molar-refractivity contribution < 1.29 is 14.6 Å². The second kappa shape index (κ2) is 3.89. The van der Waals surface area contributed by atoms with Gasteiger partial charge in [0.25, 0.3) is 0 Å². The highest BCUT2D eigenvalue weighted by Gasteiger charge is 2.21. The molecule has 0 saturated heterocycles. The van der Waals surface area contributed by atoms with Crippen LogP contribution in [0.15, 0.2) is 24.3 Å². The van der Waals surface area contributed by atoms with Crippen molar-refractivity contribution in [3.8, 4) is 5.75 Å². The van der Waals surface area contributed by atoms with Crippen LogP contribution in [-0.4, -0.2) is 22.8 Å². The summed E-state index contributed by atoms with van der Waals surface area (Å²) >= 11 is 0. The van der Waals surface area contributed by atoms with Crippen molar-refractivity contribution in [1.29, 1.82) is 0 Å². The zero-order valence-corrected chi connectivity index (χ0v) is 9.23. The van der Waals surface area contributed by atoms with Crippen molar-refractivity contribution in [2.45, 2.75) is 13.5 Å². The monoisotopic (exact) mass is 219 g/mol. The van der Waals surface area contributed by atoms with Gasteiger partial charge in [-0.3, -0.25) is 0 Å². The Morgan fingerprint density at radius 2 is 2.12 bits per heavy atom. The summed E-state index contributed by atoms with van der Waals surface area (Å²) in [5.74, 6) is -0.528. The van der Waals surface area contributed by atoms with Crippen LogP contribution in [0, 0.1) is 0 Å². The molecule has 1 N–H and O–H groups in total. The van der Waals surface area contributed by atoms with Gasteiger partial charge in [0.05, 0.1) is 12.6 Å². The summed E-state index contributed by atoms with van der Waals surface area (Å²) in [4.78, 5) is 11.2. The number of hydrogen-bond acceptors (Lipinski definition) is 2. The van der Waals surface area contributed by atoms with Crippen molar-refractivity contribution in [3.63, 3.8) is 0 Å². The minimum atomic E-state index is -0.963. The summed E-state index contributed by atoms with van der Waals surface area (Å²) in [6.45, 7) is 2.52. The van der Waals surface area contributed by atoms with Gasteiger partial charge in [0, 0.05) is 11.9 Å². The van der Waals surface area contributed by atoms with Gasteiger partial charge >= 0.3 is 5.97 Å². The maximum absolute atomic E-state index is 11.2. The molecular weight excluding hydrogens is 206 g/mol. The smallest absolute Gasteiger partial charge is 0.356 e. The van der Waals surface area contributed by atoms with Crippen LogP contribution < -0.4 is 4.74 Å². The molecule has 0 aliphatic heterocycles. The Bertz CT molecular complexity index is 501. The average Bonchev–Trinajstić information content (AvgIpc) is 2.62. The molecule has 2 aromatic rings. The van der Waals surface area contributed by atoms with Crippen LogP contribution in [0.3, 0.4) is 0 Å². The van der Waals surface area contributed by atoms with E-state index in [4.69, 9.17) is 4.74 Å². The lowest BCUT2D eigenvalue weighted by Gasteiger charge is -2.04. The molecule has 16 heavy (non-hydrogen) atoms. The van der Waals surface area contributed by atoms with E-state index in [1.54, 1.807) is 4.57 Å². The molecule has 0 radical (unpaired) electrons. The third-order valence-electron chi connectivity index (χ3n) is 2.65. The highest BCUT2D eigenvalue weighted by atomic mass is 16.5. The highest BCUT2D eigenvalue weighted by Crippen LogP contribution is 2.32. The predicted octanol–water partition coefficient (Wildman–Crippen LogP) is 2.37. The average molecular weight is 219 g/mol. The number of aryl methyl sites for hydroxylation is 1. The standard InChI is InChI=1S/C12H13NO3/c1-3-13-9-7-5-4-6-8(9)11(16-2)10(13)12(14)15/h4-7H,3H2,1-2H3,(H,14,15). The number of benzene rings is 1. The third kappa shape index (κ3) is 1.34. The molecule has 1 aromatic carbocycles. The molecule has 0 amide bonds. The SMILES string of the molecule is CCn1c(C(=O)O)c(OC)c2ccccc21. The number of rotatable bonds is 3. The van der Waals surface area contributed by atoms with Crippen LogP contribution in [0.5, 0.6) is 5.75 Å². The van der Waals surface area contributed by atoms with Crippen molar-refractivity contribution in [2.75, 3.05) is 7.11 Å². The molecule has 1 aromatic heterocycles. The summed E-state index contributed by atoms with van der Waals surface area (Å²) in [6.07, 6.45) is 0. The van der Waals surface area contributed by atoms with Gasteiger partial charge in [-0.15, -0.1) is 0 Å². The maximum atomic E-state index is 11.2. The highest BCUT2D eigenvalue weighted by molar-refractivity contribution is 6.01. The largest absolute Gasteiger partial charge is 0.494 e. The van der Waals surface area contributed by atoms with Gasteiger partial charge in [0.15, 0.2) is 11.4 Å². The summed E-state index contributed by atoms with van der Waals surface area (Å²) in [6, 6.07) is 7.52. The van der Waals surface area contributed by atoms with Crippen molar-refractivity contribution in [2.24, 2.45) is 0 Å². The number of aromatic nitrogens is 1. The van der Waals surface area contributed by atoms with Gasteiger partial charge in [-0.1, -0.05) is 12.1 Å². The van der Waals surface area contributed by atoms with Gasteiger partial charge in [0.2, 0.25) is 0 Å². The van der Waals surface area contributed by atoms with Gasteiger partial charge < -0.3 is 14.4 Å². The molecule has 0 saturated carbocycles. The molecule has 0 atom stereocenters. The van der Waals surface area contributed by atoms with E-state index >= 15 is 0 Å². The van der Waals surface area contributed by atoms with Gasteiger partial charge in [0.1, 0.15) is 0 Å². The number of nitrogens with zero attached hydrogens (tertiary/aromatic N) is 1. The second-order valence-electron chi connectivity index (χ2n) is 3.45. The normalized spacial score (nSPS) is 10.6. The van der Waals surface area contributed by atoms with Crippen LogP contribution in [0.2, 0.25) is 0 Å². The van der Waals surface area contributed by atoms with E-state index in [9.17, 15) is 9.90 Å². The van der Waals surface area contributed by atoms with Gasteiger partial charge in [-0.25, -0.2) is 4.79 Å². The zero-order valence-electron chi connectivity index (χ0n) is 9.23. The number of carboxylic acid groups (broad SMARTS) is 1. The van der Waals surface area contributed by atoms with E-state index in [1.807, 2.05) is 31.2 Å². The molecule has 0 aliphatic rings. The molecule has 0 aliphatic carbocycles. The van der Waals surface area contributed by atoms with Crippen molar-refractivity contribution >= 4 is 16.9 Å². The Hall–Kier alpha value is -1.97. The summed E-state index contributed by atoms with van der Waals surface area (Å²) in [7, 11) is 1.49. The van der Waals surface area contributed by atoms with Crippen molar-refractivity contribution in [3.05, 3.63) is 30.0 Å². The van der Waals surface area contributed by atoms with E-state index < -0.39 is 5.97 Å². The summed E-state index contributed by atoms with van der Waals surface area (Å²) < 4.78 is 6.95. The molecule has 0 unspecified atom stereocenters. The van der Waals surface area contributed by atoms with Crippen LogP contribution in [0.4, 0.5) is 0 Å². The van der Waals surface area contributed by atoms with E-state index in [-0.39, 0.29) is 5.69 Å². The third-order valence-corrected chi connectivity index (χ3v) is 2.65. The molecule has 84 valence electrons. The maximum Gasteiger partial charge on any atom is 0.356 e. The minimum Gasteiger partial charge on any atom is -0.494 e. The molecular formula is C12H13NO3. The predicted molar refractivity (Wildman–Crippen MR) is 61.1 cm³/mol. The molecule has 0 bridgehead atoms. The number of aromatic carboxylic acids is 1. The van der Waals surface area contributed by atoms with Crippen molar-refractivity contribution in [1.82, 2.24) is 4.57 Å². The van der Waals surface area contributed by atoms with E-state index in [0.717, 1.165) is 10.9 Å².